The molecule has 0 aromatic heterocycles. The van der Waals surface area contributed by atoms with Crippen molar-refractivity contribution in [3.8, 4) is 0 Å². The number of esters is 1. The standard InChI is InChI=1S/C6H10O3/c1-3-4(2)9-6(8)5(3)7/h3-5,7H,1-2H3/t3-,4+,5+/m0/s1. The molecule has 1 saturated heterocycles. The number of cyclic esters (lactones) is 1. The van der Waals surface area contributed by atoms with Gasteiger partial charge in [-0.15, -0.1) is 0 Å². The maximum Gasteiger partial charge on any atom is 0.335 e. The Balaban J connectivity index is 2.65. The molecule has 0 amide bonds. The Morgan fingerprint density at radius 3 is 2.22 bits per heavy atom. The number of rotatable bonds is 0. The van der Waals surface area contributed by atoms with Gasteiger partial charge in [0.2, 0.25) is 0 Å². The van der Waals surface area contributed by atoms with Crippen LogP contribution in [-0.4, -0.2) is 23.3 Å². The van der Waals surface area contributed by atoms with Crippen LogP contribution in [0.5, 0.6) is 0 Å². The molecule has 0 aliphatic carbocycles. The van der Waals surface area contributed by atoms with Crippen molar-refractivity contribution >= 4 is 5.97 Å². The number of hydrogen-bond donors (Lipinski definition) is 1. The van der Waals surface area contributed by atoms with E-state index in [1.807, 2.05) is 0 Å². The van der Waals surface area contributed by atoms with Crippen LogP contribution in [0.3, 0.4) is 0 Å². The van der Waals surface area contributed by atoms with Crippen LogP contribution in [-0.2, 0) is 9.53 Å². The molecule has 0 spiro atoms. The van der Waals surface area contributed by atoms with Crippen LogP contribution in [0.4, 0.5) is 0 Å². The van der Waals surface area contributed by atoms with Gasteiger partial charge in [-0.1, -0.05) is 6.92 Å². The predicted octanol–water partition coefficient (Wildman–Crippen LogP) is -0.0713. The van der Waals surface area contributed by atoms with E-state index in [0.29, 0.717) is 0 Å². The molecule has 52 valence electrons. The van der Waals surface area contributed by atoms with Gasteiger partial charge in [-0.2, -0.15) is 0 Å². The molecule has 0 unspecified atom stereocenters. The van der Waals surface area contributed by atoms with E-state index in [1.54, 1.807) is 13.8 Å². The summed E-state index contributed by atoms with van der Waals surface area (Å²) in [6.45, 7) is 3.57. The van der Waals surface area contributed by atoms with Crippen LogP contribution in [0.1, 0.15) is 13.8 Å². The number of hydrogen-bond acceptors (Lipinski definition) is 3. The Bertz CT molecular complexity index is 132. The second-order valence-electron chi connectivity index (χ2n) is 2.45. The third kappa shape index (κ3) is 0.920. The fraction of sp³-hybridized carbons (Fsp3) is 0.833. The summed E-state index contributed by atoms with van der Waals surface area (Å²) in [4.78, 5) is 10.5. The van der Waals surface area contributed by atoms with E-state index in [0.717, 1.165) is 0 Å². The first kappa shape index (κ1) is 6.55. The fourth-order valence-electron chi connectivity index (χ4n) is 0.832. The first-order valence-corrected chi connectivity index (χ1v) is 3.01. The summed E-state index contributed by atoms with van der Waals surface area (Å²) < 4.78 is 4.70. The number of aliphatic hydroxyl groups is 1. The SMILES string of the molecule is C[C@H]1[C@@H](C)OC(=O)[C@@H]1O. The van der Waals surface area contributed by atoms with E-state index in [1.165, 1.54) is 0 Å². The zero-order valence-electron chi connectivity index (χ0n) is 5.50. The van der Waals surface area contributed by atoms with Crippen LogP contribution < -0.4 is 0 Å². The Labute approximate surface area is 53.6 Å². The Kier molecular flexibility index (Phi) is 1.45. The molecule has 0 saturated carbocycles. The van der Waals surface area contributed by atoms with Crippen molar-refractivity contribution in [3.63, 3.8) is 0 Å². The summed E-state index contributed by atoms with van der Waals surface area (Å²) >= 11 is 0. The van der Waals surface area contributed by atoms with Crippen molar-refractivity contribution in [1.82, 2.24) is 0 Å². The zero-order chi connectivity index (χ0) is 7.02. The second kappa shape index (κ2) is 1.99. The van der Waals surface area contributed by atoms with Crippen molar-refractivity contribution < 1.29 is 14.6 Å². The summed E-state index contributed by atoms with van der Waals surface area (Å²) in [7, 11) is 0. The molecular weight excluding hydrogens is 120 g/mol. The molecule has 1 aliphatic heterocycles. The lowest BCUT2D eigenvalue weighted by Gasteiger charge is -2.05. The Morgan fingerprint density at radius 1 is 1.56 bits per heavy atom. The fourth-order valence-corrected chi connectivity index (χ4v) is 0.832. The molecule has 3 heteroatoms. The van der Waals surface area contributed by atoms with Crippen LogP contribution in [0.25, 0.3) is 0 Å². The van der Waals surface area contributed by atoms with E-state index >= 15 is 0 Å². The van der Waals surface area contributed by atoms with Gasteiger partial charge in [0.05, 0.1) is 0 Å². The first-order chi connectivity index (χ1) is 4.13. The van der Waals surface area contributed by atoms with Crippen molar-refractivity contribution in [3.05, 3.63) is 0 Å². The van der Waals surface area contributed by atoms with E-state index in [9.17, 15) is 4.79 Å². The van der Waals surface area contributed by atoms with E-state index in [4.69, 9.17) is 9.84 Å². The minimum atomic E-state index is -0.903. The highest BCUT2D eigenvalue weighted by molar-refractivity contribution is 5.77. The molecule has 1 aliphatic rings. The Hall–Kier alpha value is -0.570. The van der Waals surface area contributed by atoms with Gasteiger partial charge in [-0.05, 0) is 6.92 Å². The van der Waals surface area contributed by atoms with Gasteiger partial charge in [-0.25, -0.2) is 4.79 Å². The number of carbonyl (C=O) groups excluding carboxylic acids is 1. The highest BCUT2D eigenvalue weighted by Gasteiger charge is 2.37. The largest absolute Gasteiger partial charge is 0.460 e. The average Bonchev–Trinajstić information content (AvgIpc) is 1.98. The van der Waals surface area contributed by atoms with Gasteiger partial charge in [0.1, 0.15) is 6.10 Å². The molecule has 9 heavy (non-hydrogen) atoms. The van der Waals surface area contributed by atoms with Gasteiger partial charge in [-0.3, -0.25) is 0 Å². The van der Waals surface area contributed by atoms with Crippen LogP contribution in [0, 0.1) is 5.92 Å². The number of aliphatic hydroxyl groups excluding tert-OH is 1. The molecule has 3 nitrogen and oxygen atoms in total. The molecule has 1 fully saturated rings. The lowest BCUT2D eigenvalue weighted by molar-refractivity contribution is -0.146. The lowest BCUT2D eigenvalue weighted by Crippen LogP contribution is -2.20. The van der Waals surface area contributed by atoms with Gasteiger partial charge in [0.15, 0.2) is 6.10 Å². The van der Waals surface area contributed by atoms with E-state index < -0.39 is 12.1 Å². The van der Waals surface area contributed by atoms with Crippen LogP contribution in [0.2, 0.25) is 0 Å². The van der Waals surface area contributed by atoms with Crippen molar-refractivity contribution in [2.24, 2.45) is 5.92 Å². The van der Waals surface area contributed by atoms with Crippen molar-refractivity contribution in [2.75, 3.05) is 0 Å². The highest BCUT2D eigenvalue weighted by Crippen LogP contribution is 2.20. The third-order valence-corrected chi connectivity index (χ3v) is 1.78. The first-order valence-electron chi connectivity index (χ1n) is 3.01. The van der Waals surface area contributed by atoms with Crippen LogP contribution in [0.15, 0.2) is 0 Å². The summed E-state index contributed by atoms with van der Waals surface area (Å²) in [5.74, 6) is -0.549. The molecule has 0 radical (unpaired) electrons. The maximum absolute atomic E-state index is 10.5. The van der Waals surface area contributed by atoms with Crippen LogP contribution >= 0.6 is 0 Å². The van der Waals surface area contributed by atoms with Gasteiger partial charge in [0, 0.05) is 5.92 Å². The molecule has 0 aromatic rings. The van der Waals surface area contributed by atoms with Crippen molar-refractivity contribution in [2.45, 2.75) is 26.1 Å². The zero-order valence-corrected chi connectivity index (χ0v) is 5.50. The summed E-state index contributed by atoms with van der Waals surface area (Å²) in [5.41, 5.74) is 0. The summed E-state index contributed by atoms with van der Waals surface area (Å²) in [6.07, 6.45) is -1.03. The smallest absolute Gasteiger partial charge is 0.335 e. The monoisotopic (exact) mass is 130 g/mol. The molecule has 0 bridgehead atoms. The van der Waals surface area contributed by atoms with Gasteiger partial charge in [0.25, 0.3) is 0 Å². The van der Waals surface area contributed by atoms with Crippen molar-refractivity contribution in [1.29, 1.82) is 0 Å². The maximum atomic E-state index is 10.5. The second-order valence-corrected chi connectivity index (χ2v) is 2.45. The topological polar surface area (TPSA) is 46.5 Å². The minimum absolute atomic E-state index is 0.0579. The number of carbonyl (C=O) groups is 1. The third-order valence-electron chi connectivity index (χ3n) is 1.78. The molecule has 1 rings (SSSR count). The highest BCUT2D eigenvalue weighted by atomic mass is 16.6. The molecule has 1 heterocycles. The summed E-state index contributed by atoms with van der Waals surface area (Å²) in [6, 6.07) is 0. The normalized spacial score (nSPS) is 43.0. The molecule has 1 N–H and O–H groups in total. The van der Waals surface area contributed by atoms with Gasteiger partial charge < -0.3 is 9.84 Å². The summed E-state index contributed by atoms with van der Waals surface area (Å²) in [5, 5.41) is 8.96. The van der Waals surface area contributed by atoms with E-state index in [2.05, 4.69) is 0 Å². The van der Waals surface area contributed by atoms with Gasteiger partial charge >= 0.3 is 5.97 Å². The van der Waals surface area contributed by atoms with E-state index in [-0.39, 0.29) is 12.0 Å². The predicted molar refractivity (Wildman–Crippen MR) is 30.7 cm³/mol. The molecular formula is C6H10O3. The Morgan fingerprint density at radius 2 is 2.11 bits per heavy atom. The molecule has 0 aromatic carbocycles. The quantitative estimate of drug-likeness (QED) is 0.467. The molecule has 3 atom stereocenters. The minimum Gasteiger partial charge on any atom is -0.460 e. The average molecular weight is 130 g/mol. The number of ether oxygens (including phenoxy) is 1. The lowest BCUT2D eigenvalue weighted by atomic mass is 10.0.